The highest BCUT2D eigenvalue weighted by Crippen LogP contribution is 2.14. The Morgan fingerprint density at radius 3 is 2.36 bits per heavy atom. The standard InChI is InChI=1S/C8H16N4O2/c1-13-7-5-12(4-3-10-11-9)6-8(7)14-2/h7-8H,3-6H2,1-2H3/t7-,8-/m0/s1. The van der Waals surface area contributed by atoms with Crippen LogP contribution in [0.3, 0.4) is 0 Å². The van der Waals surface area contributed by atoms with E-state index in [1.807, 2.05) is 0 Å². The summed E-state index contributed by atoms with van der Waals surface area (Å²) < 4.78 is 10.6. The lowest BCUT2D eigenvalue weighted by Gasteiger charge is -2.13. The molecule has 0 aromatic carbocycles. The fraction of sp³-hybridized carbons (Fsp3) is 1.00. The zero-order chi connectivity index (χ0) is 10.4. The monoisotopic (exact) mass is 200 g/mol. The molecule has 0 aromatic heterocycles. The Bertz CT molecular complexity index is 205. The van der Waals surface area contributed by atoms with Gasteiger partial charge in [0.05, 0.1) is 12.2 Å². The lowest BCUT2D eigenvalue weighted by molar-refractivity contribution is -0.00461. The van der Waals surface area contributed by atoms with Gasteiger partial charge in [0.25, 0.3) is 0 Å². The normalized spacial score (nSPS) is 27.6. The van der Waals surface area contributed by atoms with E-state index in [1.165, 1.54) is 0 Å². The van der Waals surface area contributed by atoms with Gasteiger partial charge in [0, 0.05) is 45.3 Å². The van der Waals surface area contributed by atoms with Crippen molar-refractivity contribution >= 4 is 0 Å². The molecular formula is C8H16N4O2. The van der Waals surface area contributed by atoms with Crippen LogP contribution in [0.2, 0.25) is 0 Å². The number of hydrogen-bond acceptors (Lipinski definition) is 4. The molecule has 14 heavy (non-hydrogen) atoms. The Morgan fingerprint density at radius 2 is 1.93 bits per heavy atom. The van der Waals surface area contributed by atoms with Crippen molar-refractivity contribution in [3.8, 4) is 0 Å². The second-order valence-corrected chi connectivity index (χ2v) is 3.26. The van der Waals surface area contributed by atoms with Crippen LogP contribution in [0.25, 0.3) is 10.4 Å². The van der Waals surface area contributed by atoms with E-state index in [2.05, 4.69) is 14.9 Å². The molecule has 1 aliphatic heterocycles. The topological polar surface area (TPSA) is 70.5 Å². The second-order valence-electron chi connectivity index (χ2n) is 3.26. The molecule has 6 nitrogen and oxygen atoms in total. The van der Waals surface area contributed by atoms with Gasteiger partial charge in [-0.15, -0.1) is 0 Å². The van der Waals surface area contributed by atoms with Gasteiger partial charge in [0.1, 0.15) is 0 Å². The molecule has 0 saturated carbocycles. The molecule has 0 aromatic rings. The van der Waals surface area contributed by atoms with Crippen molar-refractivity contribution in [3.05, 3.63) is 10.4 Å². The van der Waals surface area contributed by atoms with Crippen LogP contribution in [-0.2, 0) is 9.47 Å². The van der Waals surface area contributed by atoms with Crippen molar-refractivity contribution in [2.24, 2.45) is 5.11 Å². The Kier molecular flexibility index (Phi) is 4.69. The van der Waals surface area contributed by atoms with Crippen LogP contribution in [0.1, 0.15) is 0 Å². The van der Waals surface area contributed by atoms with Gasteiger partial charge in [-0.2, -0.15) is 0 Å². The molecule has 1 saturated heterocycles. The van der Waals surface area contributed by atoms with E-state index in [0.29, 0.717) is 6.54 Å². The van der Waals surface area contributed by atoms with Crippen LogP contribution in [0, 0.1) is 0 Å². The first-order chi connectivity index (χ1) is 6.81. The van der Waals surface area contributed by atoms with Crippen molar-refractivity contribution in [2.45, 2.75) is 12.2 Å². The molecule has 1 heterocycles. The summed E-state index contributed by atoms with van der Waals surface area (Å²) in [5.74, 6) is 0. The molecular weight excluding hydrogens is 184 g/mol. The first-order valence-electron chi connectivity index (χ1n) is 4.60. The van der Waals surface area contributed by atoms with Gasteiger partial charge in [0.2, 0.25) is 0 Å². The Morgan fingerprint density at radius 1 is 1.36 bits per heavy atom. The molecule has 1 aliphatic rings. The van der Waals surface area contributed by atoms with E-state index >= 15 is 0 Å². The maximum absolute atomic E-state index is 8.13. The number of rotatable bonds is 5. The summed E-state index contributed by atoms with van der Waals surface area (Å²) in [6, 6.07) is 0. The molecule has 1 fully saturated rings. The van der Waals surface area contributed by atoms with E-state index in [9.17, 15) is 0 Å². The molecule has 0 spiro atoms. The van der Waals surface area contributed by atoms with Crippen LogP contribution in [0.5, 0.6) is 0 Å². The van der Waals surface area contributed by atoms with Crippen LogP contribution in [0.4, 0.5) is 0 Å². The molecule has 0 radical (unpaired) electrons. The maximum atomic E-state index is 8.13. The third-order valence-corrected chi connectivity index (χ3v) is 2.48. The first kappa shape index (κ1) is 11.3. The summed E-state index contributed by atoms with van der Waals surface area (Å²) >= 11 is 0. The summed E-state index contributed by atoms with van der Waals surface area (Å²) in [7, 11) is 3.38. The Labute approximate surface area is 83.4 Å². The van der Waals surface area contributed by atoms with Crippen LogP contribution in [0.15, 0.2) is 5.11 Å². The molecule has 0 N–H and O–H groups in total. The quantitative estimate of drug-likeness (QED) is 0.371. The van der Waals surface area contributed by atoms with Gasteiger partial charge in [-0.05, 0) is 5.53 Å². The lowest BCUT2D eigenvalue weighted by atomic mass is 10.3. The molecule has 0 bridgehead atoms. The Hall–Kier alpha value is -0.810. The van der Waals surface area contributed by atoms with E-state index in [-0.39, 0.29) is 12.2 Å². The highest BCUT2D eigenvalue weighted by atomic mass is 16.5. The number of ether oxygens (including phenoxy) is 2. The van der Waals surface area contributed by atoms with Crippen LogP contribution in [-0.4, -0.2) is 57.5 Å². The number of hydrogen-bond donors (Lipinski definition) is 0. The van der Waals surface area contributed by atoms with E-state index < -0.39 is 0 Å². The van der Waals surface area contributed by atoms with Crippen LogP contribution >= 0.6 is 0 Å². The summed E-state index contributed by atoms with van der Waals surface area (Å²) in [4.78, 5) is 4.89. The first-order valence-corrected chi connectivity index (χ1v) is 4.60. The average molecular weight is 200 g/mol. The summed E-state index contributed by atoms with van der Waals surface area (Å²) in [6.45, 7) is 2.96. The maximum Gasteiger partial charge on any atom is 0.0971 e. The highest BCUT2D eigenvalue weighted by molar-refractivity contribution is 4.85. The smallest absolute Gasteiger partial charge is 0.0971 e. The van der Waals surface area contributed by atoms with E-state index in [1.54, 1.807) is 14.2 Å². The minimum atomic E-state index is 0.131. The predicted octanol–water partition coefficient (Wildman–Crippen LogP) is 0.642. The number of methoxy groups -OCH3 is 2. The molecule has 6 heteroatoms. The van der Waals surface area contributed by atoms with Gasteiger partial charge in [0.15, 0.2) is 0 Å². The lowest BCUT2D eigenvalue weighted by Crippen LogP contribution is -2.27. The molecule has 0 unspecified atom stereocenters. The van der Waals surface area contributed by atoms with Crippen molar-refractivity contribution in [1.82, 2.24) is 4.90 Å². The van der Waals surface area contributed by atoms with Crippen LogP contribution < -0.4 is 0 Å². The summed E-state index contributed by atoms with van der Waals surface area (Å²) in [5, 5.41) is 3.49. The van der Waals surface area contributed by atoms with E-state index in [0.717, 1.165) is 19.6 Å². The average Bonchev–Trinajstić information content (AvgIpc) is 2.61. The SMILES string of the molecule is CO[C@H]1CN(CCN=[N+]=[N-])C[C@@H]1OC. The van der Waals surface area contributed by atoms with Gasteiger partial charge < -0.3 is 9.47 Å². The molecule has 0 aliphatic carbocycles. The third-order valence-electron chi connectivity index (χ3n) is 2.48. The fourth-order valence-corrected chi connectivity index (χ4v) is 1.68. The zero-order valence-electron chi connectivity index (χ0n) is 8.59. The van der Waals surface area contributed by atoms with Crippen molar-refractivity contribution in [2.75, 3.05) is 40.4 Å². The van der Waals surface area contributed by atoms with Crippen molar-refractivity contribution in [3.63, 3.8) is 0 Å². The number of azide groups is 1. The largest absolute Gasteiger partial charge is 0.377 e. The van der Waals surface area contributed by atoms with Crippen molar-refractivity contribution < 1.29 is 9.47 Å². The summed E-state index contributed by atoms with van der Waals surface area (Å²) in [5.41, 5.74) is 8.13. The minimum absolute atomic E-state index is 0.131. The minimum Gasteiger partial charge on any atom is -0.377 e. The predicted molar refractivity (Wildman–Crippen MR) is 52.0 cm³/mol. The number of nitrogens with zero attached hydrogens (tertiary/aromatic N) is 4. The van der Waals surface area contributed by atoms with Gasteiger partial charge in [-0.1, -0.05) is 5.11 Å². The fourth-order valence-electron chi connectivity index (χ4n) is 1.68. The Balaban J connectivity index is 2.33. The number of likely N-dealkylation sites (tertiary alicyclic amines) is 1. The third kappa shape index (κ3) is 2.85. The van der Waals surface area contributed by atoms with Gasteiger partial charge in [-0.3, -0.25) is 4.90 Å². The van der Waals surface area contributed by atoms with Gasteiger partial charge in [-0.25, -0.2) is 0 Å². The summed E-state index contributed by atoms with van der Waals surface area (Å²) in [6.07, 6.45) is 0.261. The highest BCUT2D eigenvalue weighted by Gasteiger charge is 2.32. The molecule has 2 atom stereocenters. The zero-order valence-corrected chi connectivity index (χ0v) is 8.59. The molecule has 0 amide bonds. The van der Waals surface area contributed by atoms with E-state index in [4.69, 9.17) is 15.0 Å². The van der Waals surface area contributed by atoms with Gasteiger partial charge >= 0.3 is 0 Å². The molecule has 1 rings (SSSR count). The van der Waals surface area contributed by atoms with Crippen molar-refractivity contribution in [1.29, 1.82) is 0 Å². The molecule has 80 valence electrons. The second kappa shape index (κ2) is 5.82.